The van der Waals surface area contributed by atoms with Crippen LogP contribution in [-0.2, 0) is 35.8 Å². The zero-order valence-corrected chi connectivity index (χ0v) is 27.4. The summed E-state index contributed by atoms with van der Waals surface area (Å²) in [7, 11) is 3.22. The number of aromatic hydroxyl groups is 2. The number of aliphatic hydroxyl groups excluding tert-OH is 2. The molecule has 0 saturated carbocycles. The number of ketones is 5. The highest BCUT2D eigenvalue weighted by atomic mass is 16.6. The maximum atomic E-state index is 14.6. The number of esters is 1. The van der Waals surface area contributed by atoms with Gasteiger partial charge in [0.05, 0.1) is 48.7 Å². The van der Waals surface area contributed by atoms with Crippen molar-refractivity contribution in [2.75, 3.05) is 27.9 Å². The minimum Gasteiger partial charge on any atom is -0.507 e. The molecule has 2 aromatic rings. The van der Waals surface area contributed by atoms with E-state index in [4.69, 9.17) is 18.9 Å². The highest BCUT2D eigenvalue weighted by molar-refractivity contribution is 6.31. The Morgan fingerprint density at radius 2 is 1.70 bits per heavy atom. The van der Waals surface area contributed by atoms with Crippen LogP contribution in [0.15, 0.2) is 23.9 Å². The van der Waals surface area contributed by atoms with Crippen molar-refractivity contribution in [2.45, 2.75) is 56.0 Å². The monoisotopic (exact) mass is 695 g/mol. The maximum absolute atomic E-state index is 14.6. The number of aliphatic hydroxyl groups is 3. The Morgan fingerprint density at radius 1 is 1.02 bits per heavy atom. The van der Waals surface area contributed by atoms with Crippen molar-refractivity contribution < 1.29 is 73.2 Å². The lowest BCUT2D eigenvalue weighted by Crippen LogP contribution is -2.73. The number of phenolic OH excluding ortho intramolecular Hbond substituents is 2. The molecule has 0 spiro atoms. The Balaban J connectivity index is 1.52. The summed E-state index contributed by atoms with van der Waals surface area (Å²) in [6.07, 6.45) is -4.82. The van der Waals surface area contributed by atoms with E-state index >= 15 is 0 Å². The van der Waals surface area contributed by atoms with Crippen molar-refractivity contribution in [3.8, 4) is 11.5 Å². The van der Waals surface area contributed by atoms with Crippen molar-refractivity contribution in [1.29, 1.82) is 0 Å². The zero-order chi connectivity index (χ0) is 36.8. The zero-order valence-electron chi connectivity index (χ0n) is 27.4. The average molecular weight is 696 g/mol. The molecule has 0 amide bonds. The number of rotatable bonds is 6. The fourth-order valence-corrected chi connectivity index (χ4v) is 7.73. The number of phenols is 2. The highest BCUT2D eigenvalue weighted by Crippen LogP contribution is 2.56. The van der Waals surface area contributed by atoms with Gasteiger partial charge in [0.1, 0.15) is 29.4 Å². The summed E-state index contributed by atoms with van der Waals surface area (Å²) in [5.74, 6) is -9.63. The summed E-state index contributed by atoms with van der Waals surface area (Å²) in [4.78, 5) is 81.9. The van der Waals surface area contributed by atoms with E-state index in [0.29, 0.717) is 0 Å². The van der Waals surface area contributed by atoms with Crippen molar-refractivity contribution in [2.24, 2.45) is 5.92 Å². The van der Waals surface area contributed by atoms with Crippen LogP contribution in [0.2, 0.25) is 0 Å². The smallest absolute Gasteiger partial charge is 0.341 e. The molecule has 16 nitrogen and oxygen atoms in total. The average Bonchev–Trinajstić information content (AvgIpc) is 3.05. The third-order valence-electron chi connectivity index (χ3n) is 10.1. The lowest BCUT2D eigenvalue weighted by Gasteiger charge is -2.52. The number of hydrogen-bond donors (Lipinski definition) is 6. The van der Waals surface area contributed by atoms with Crippen LogP contribution in [0.25, 0.3) is 0 Å². The number of methoxy groups -OCH3 is 3. The van der Waals surface area contributed by atoms with E-state index in [-0.39, 0.29) is 11.1 Å². The van der Waals surface area contributed by atoms with Crippen molar-refractivity contribution in [1.82, 2.24) is 5.32 Å². The van der Waals surface area contributed by atoms with Gasteiger partial charge in [-0.2, -0.15) is 0 Å². The van der Waals surface area contributed by atoms with Gasteiger partial charge in [-0.3, -0.25) is 24.0 Å². The predicted molar refractivity (Wildman–Crippen MR) is 165 cm³/mol. The minimum absolute atomic E-state index is 0.0202. The number of hydrogen-bond acceptors (Lipinski definition) is 16. The lowest BCUT2D eigenvalue weighted by molar-refractivity contribution is -0.181. The van der Waals surface area contributed by atoms with Gasteiger partial charge < -0.3 is 49.8 Å². The Labute approximate surface area is 283 Å². The molecular weight excluding hydrogens is 662 g/mol. The molecule has 0 unspecified atom stereocenters. The summed E-state index contributed by atoms with van der Waals surface area (Å²) in [6.45, 7) is 2.25. The van der Waals surface area contributed by atoms with E-state index in [9.17, 15) is 54.3 Å². The molecule has 2 aromatic carbocycles. The van der Waals surface area contributed by atoms with Gasteiger partial charge in [-0.25, -0.2) is 4.79 Å². The first kappa shape index (κ1) is 35.0. The molecule has 0 bridgehead atoms. The van der Waals surface area contributed by atoms with Crippen molar-refractivity contribution in [3.63, 3.8) is 0 Å². The van der Waals surface area contributed by atoms with Crippen LogP contribution in [0.1, 0.15) is 75.4 Å². The predicted octanol–water partition coefficient (Wildman–Crippen LogP) is -0.448. The standard InChI is InChI=1S/C34H33NO15/c1-11-6-13-7-19(38)34(49-5)30(44)22-15(29(43)33(34,46)23(13)27(42)20(11)32(45)48-4)8-14-21(26(22)41)18(37)9-17(24(14)39)35-31-16(10-36)25(40)28(47-3)12(2)50-31/h6,8-9,12,16,19,28,31,35-36,38,41-42,46H,7,10H2,1-5H3/t12-,16+,19+,28-,31-,33-,34+/m0/s1. The molecular formula is C34H33NO15. The van der Waals surface area contributed by atoms with Crippen LogP contribution in [0.5, 0.6) is 11.5 Å². The van der Waals surface area contributed by atoms with E-state index in [0.717, 1.165) is 26.4 Å². The normalized spacial score (nSPS) is 30.2. The number of allylic oxidation sites excluding steroid dienone is 2. The van der Waals surface area contributed by atoms with E-state index < -0.39 is 140 Å². The van der Waals surface area contributed by atoms with Crippen LogP contribution >= 0.6 is 0 Å². The lowest BCUT2D eigenvalue weighted by atomic mass is 9.56. The third kappa shape index (κ3) is 4.33. The van der Waals surface area contributed by atoms with Gasteiger partial charge in [0, 0.05) is 43.4 Å². The van der Waals surface area contributed by atoms with Gasteiger partial charge in [0.2, 0.25) is 17.3 Å². The van der Waals surface area contributed by atoms with Gasteiger partial charge in [-0.05, 0) is 31.0 Å². The van der Waals surface area contributed by atoms with Gasteiger partial charge in [0.15, 0.2) is 22.8 Å². The molecule has 7 atom stereocenters. The molecule has 6 N–H and O–H groups in total. The summed E-state index contributed by atoms with van der Waals surface area (Å²) in [5, 5.41) is 59.2. The van der Waals surface area contributed by atoms with Gasteiger partial charge in [-0.15, -0.1) is 0 Å². The molecule has 1 aliphatic heterocycles. The van der Waals surface area contributed by atoms with Crippen LogP contribution in [0.4, 0.5) is 0 Å². The molecule has 1 heterocycles. The second kappa shape index (κ2) is 11.9. The molecule has 3 aliphatic carbocycles. The van der Waals surface area contributed by atoms with Gasteiger partial charge in [0.25, 0.3) is 0 Å². The number of aryl methyl sites for hydroxylation is 1. The van der Waals surface area contributed by atoms with Gasteiger partial charge in [-0.1, -0.05) is 6.07 Å². The summed E-state index contributed by atoms with van der Waals surface area (Å²) in [5.41, 5.74) is -10.4. The fraction of sp³-hybridized carbons (Fsp3) is 0.412. The molecule has 50 heavy (non-hydrogen) atoms. The molecule has 264 valence electrons. The second-order valence-electron chi connectivity index (χ2n) is 12.5. The van der Waals surface area contributed by atoms with E-state index in [1.54, 1.807) is 0 Å². The van der Waals surface area contributed by atoms with Crippen LogP contribution in [-0.4, -0.2) is 118 Å². The SMILES string of the molecule is COC(=O)c1c(C)cc2c(c1O)[C@]1(O)C(=O)c3cc4c(c(O)c3C(=O)[C@]1(OC)[C@H](O)C2)C(=O)C=C(N[C@H]1O[C@@H](C)[C@H](OC)C(=O)[C@H]1CO)C4=O. The summed E-state index contributed by atoms with van der Waals surface area (Å²) >= 11 is 0. The van der Waals surface area contributed by atoms with Crippen molar-refractivity contribution >= 4 is 34.9 Å². The largest absolute Gasteiger partial charge is 0.507 e. The van der Waals surface area contributed by atoms with Crippen LogP contribution in [0, 0.1) is 12.8 Å². The topological polar surface area (TPSA) is 253 Å². The quantitative estimate of drug-likeness (QED) is 0.209. The number of nitrogens with one attached hydrogen (secondary N) is 1. The number of carbonyl (C=O) groups is 6. The van der Waals surface area contributed by atoms with Crippen molar-refractivity contribution in [3.05, 3.63) is 68.4 Å². The number of Topliss-reactive ketones (excluding diaryl/α,β-unsaturated/α-hetero) is 4. The molecule has 1 saturated heterocycles. The summed E-state index contributed by atoms with van der Waals surface area (Å²) in [6, 6.07) is 2.13. The number of carbonyl (C=O) groups excluding carboxylic acids is 6. The number of fused-ring (bicyclic) bond motifs is 5. The van der Waals surface area contributed by atoms with Crippen LogP contribution in [0.3, 0.4) is 0 Å². The first-order valence-corrected chi connectivity index (χ1v) is 15.4. The third-order valence-corrected chi connectivity index (χ3v) is 10.1. The molecule has 0 aromatic heterocycles. The molecule has 4 aliphatic rings. The van der Waals surface area contributed by atoms with Gasteiger partial charge >= 0.3 is 5.97 Å². The molecule has 1 fully saturated rings. The fourth-order valence-electron chi connectivity index (χ4n) is 7.73. The molecule has 6 rings (SSSR count). The minimum atomic E-state index is -3.25. The second-order valence-corrected chi connectivity index (χ2v) is 12.5. The van der Waals surface area contributed by atoms with E-state index in [1.807, 2.05) is 0 Å². The first-order chi connectivity index (χ1) is 23.6. The summed E-state index contributed by atoms with van der Waals surface area (Å²) < 4.78 is 21.2. The maximum Gasteiger partial charge on any atom is 0.341 e. The Kier molecular flexibility index (Phi) is 8.33. The van der Waals surface area contributed by atoms with Crippen LogP contribution < -0.4 is 5.32 Å². The van der Waals surface area contributed by atoms with E-state index in [2.05, 4.69) is 5.32 Å². The Morgan fingerprint density at radius 3 is 2.30 bits per heavy atom. The number of benzene rings is 2. The Hall–Kier alpha value is -4.84. The highest BCUT2D eigenvalue weighted by Gasteiger charge is 2.72. The molecule has 0 radical (unpaired) electrons. The Bertz CT molecular complexity index is 1970. The number of ether oxygens (including phenoxy) is 4. The first-order valence-electron chi connectivity index (χ1n) is 15.4. The molecule has 16 heteroatoms. The van der Waals surface area contributed by atoms with E-state index in [1.165, 1.54) is 27.0 Å².